The van der Waals surface area contributed by atoms with E-state index in [1.54, 1.807) is 7.11 Å². The van der Waals surface area contributed by atoms with E-state index in [2.05, 4.69) is 15.3 Å². The maximum absolute atomic E-state index is 9.03. The van der Waals surface area contributed by atoms with Gasteiger partial charge in [0.25, 0.3) is 0 Å². The van der Waals surface area contributed by atoms with Gasteiger partial charge in [0.15, 0.2) is 11.6 Å². The molecular weight excluding hydrogens is 246 g/mol. The molecule has 7 heteroatoms. The van der Waals surface area contributed by atoms with E-state index in [0.29, 0.717) is 30.5 Å². The Morgan fingerprint density at radius 3 is 2.89 bits per heavy atom. The Hall–Kier alpha value is -1.60. The smallest absolute Gasteiger partial charge is 0.157 e. The fraction of sp³-hybridized carbons (Fsp3) is 0.667. The van der Waals surface area contributed by atoms with E-state index in [0.717, 1.165) is 19.5 Å². The number of nitrogens with one attached hydrogen (secondary N) is 1. The normalized spacial score (nSPS) is 10.5. The van der Waals surface area contributed by atoms with Crippen molar-refractivity contribution in [2.75, 3.05) is 55.9 Å². The maximum atomic E-state index is 9.03. The number of nitrogen functional groups attached to an aromatic ring is 1. The van der Waals surface area contributed by atoms with Gasteiger partial charge in [-0.2, -0.15) is 0 Å². The van der Waals surface area contributed by atoms with Crippen molar-refractivity contribution in [2.45, 2.75) is 13.3 Å². The van der Waals surface area contributed by atoms with Crippen LogP contribution in [0.4, 0.5) is 17.3 Å². The topological polar surface area (TPSA) is 96.5 Å². The third kappa shape index (κ3) is 4.53. The van der Waals surface area contributed by atoms with Crippen LogP contribution in [0.3, 0.4) is 0 Å². The Labute approximate surface area is 113 Å². The average Bonchev–Trinajstić information content (AvgIpc) is 2.43. The van der Waals surface area contributed by atoms with Crippen molar-refractivity contribution >= 4 is 17.3 Å². The van der Waals surface area contributed by atoms with Gasteiger partial charge in [0.05, 0.1) is 6.61 Å². The number of likely N-dealkylation sites (N-methyl/N-ethyl adjacent to an activating group) is 1. The van der Waals surface area contributed by atoms with Gasteiger partial charge in [-0.15, -0.1) is 0 Å². The number of methoxy groups -OCH3 is 1. The third-order valence-corrected chi connectivity index (χ3v) is 2.73. The van der Waals surface area contributed by atoms with Gasteiger partial charge in [-0.25, -0.2) is 9.97 Å². The van der Waals surface area contributed by atoms with Gasteiger partial charge in [-0.1, -0.05) is 0 Å². The van der Waals surface area contributed by atoms with Gasteiger partial charge in [0, 0.05) is 33.4 Å². The van der Waals surface area contributed by atoms with Gasteiger partial charge in [-0.3, -0.25) is 0 Å². The van der Waals surface area contributed by atoms with Crippen molar-refractivity contribution < 1.29 is 9.84 Å². The SMILES string of the molecule is CCN(CCO)c1ncnc(NCCCOC)c1N. The highest BCUT2D eigenvalue weighted by molar-refractivity contribution is 5.74. The molecule has 0 amide bonds. The number of nitrogens with two attached hydrogens (primary N) is 1. The zero-order chi connectivity index (χ0) is 14.1. The standard InChI is InChI=1S/C12H23N5O2/c1-3-17(6-7-18)12-10(13)11(15-9-16-12)14-5-4-8-19-2/h9,18H,3-8,13H2,1-2H3,(H,14,15,16). The molecule has 0 aliphatic heterocycles. The first kappa shape index (κ1) is 15.5. The molecule has 1 aromatic heterocycles. The number of nitrogens with zero attached hydrogens (tertiary/aromatic N) is 3. The largest absolute Gasteiger partial charge is 0.395 e. The number of anilines is 3. The van der Waals surface area contributed by atoms with Crippen molar-refractivity contribution in [3.05, 3.63) is 6.33 Å². The highest BCUT2D eigenvalue weighted by Gasteiger charge is 2.13. The van der Waals surface area contributed by atoms with Crippen molar-refractivity contribution in [3.63, 3.8) is 0 Å². The molecule has 0 radical (unpaired) electrons. The minimum atomic E-state index is 0.0634. The van der Waals surface area contributed by atoms with Crippen LogP contribution >= 0.6 is 0 Å². The fourth-order valence-electron chi connectivity index (χ4n) is 1.74. The molecule has 0 saturated heterocycles. The zero-order valence-electron chi connectivity index (χ0n) is 11.6. The lowest BCUT2D eigenvalue weighted by Gasteiger charge is -2.23. The second kappa shape index (κ2) is 8.49. The molecule has 1 aromatic rings. The van der Waals surface area contributed by atoms with Crippen LogP contribution < -0.4 is 16.0 Å². The number of rotatable bonds is 9. The molecule has 0 saturated carbocycles. The van der Waals surface area contributed by atoms with Crippen LogP contribution in [0.2, 0.25) is 0 Å². The van der Waals surface area contributed by atoms with Crippen LogP contribution in [-0.4, -0.2) is 55.0 Å². The molecule has 19 heavy (non-hydrogen) atoms. The molecule has 0 aromatic carbocycles. The molecule has 0 aliphatic rings. The fourth-order valence-corrected chi connectivity index (χ4v) is 1.74. The van der Waals surface area contributed by atoms with E-state index >= 15 is 0 Å². The number of aromatic nitrogens is 2. The number of aliphatic hydroxyl groups excluding tert-OH is 1. The monoisotopic (exact) mass is 269 g/mol. The zero-order valence-corrected chi connectivity index (χ0v) is 11.6. The summed E-state index contributed by atoms with van der Waals surface area (Å²) >= 11 is 0. The average molecular weight is 269 g/mol. The van der Waals surface area contributed by atoms with Crippen LogP contribution in [0.25, 0.3) is 0 Å². The lowest BCUT2D eigenvalue weighted by molar-refractivity contribution is 0.198. The molecule has 1 heterocycles. The minimum absolute atomic E-state index is 0.0634. The van der Waals surface area contributed by atoms with Gasteiger partial charge in [0.1, 0.15) is 12.0 Å². The summed E-state index contributed by atoms with van der Waals surface area (Å²) in [4.78, 5) is 10.2. The molecule has 0 bridgehead atoms. The highest BCUT2D eigenvalue weighted by atomic mass is 16.5. The van der Waals surface area contributed by atoms with E-state index in [9.17, 15) is 0 Å². The van der Waals surface area contributed by atoms with Crippen LogP contribution in [0, 0.1) is 0 Å². The van der Waals surface area contributed by atoms with Crippen LogP contribution in [0.1, 0.15) is 13.3 Å². The van der Waals surface area contributed by atoms with Gasteiger partial charge < -0.3 is 25.8 Å². The molecule has 7 nitrogen and oxygen atoms in total. The van der Waals surface area contributed by atoms with Gasteiger partial charge in [-0.05, 0) is 13.3 Å². The molecule has 0 aliphatic carbocycles. The quantitative estimate of drug-likeness (QED) is 0.556. The molecule has 0 spiro atoms. The number of ether oxygens (including phenoxy) is 1. The summed E-state index contributed by atoms with van der Waals surface area (Å²) in [5.41, 5.74) is 6.57. The lowest BCUT2D eigenvalue weighted by atomic mass is 10.3. The molecular formula is C12H23N5O2. The summed E-state index contributed by atoms with van der Waals surface area (Å²) in [6.07, 6.45) is 2.35. The van der Waals surface area contributed by atoms with E-state index in [4.69, 9.17) is 15.6 Å². The van der Waals surface area contributed by atoms with Crippen LogP contribution in [0.5, 0.6) is 0 Å². The van der Waals surface area contributed by atoms with Crippen molar-refractivity contribution in [3.8, 4) is 0 Å². The summed E-state index contributed by atoms with van der Waals surface area (Å²) in [7, 11) is 1.67. The molecule has 4 N–H and O–H groups in total. The molecule has 108 valence electrons. The van der Waals surface area contributed by atoms with Crippen molar-refractivity contribution in [1.82, 2.24) is 9.97 Å². The van der Waals surface area contributed by atoms with Crippen LogP contribution in [-0.2, 0) is 4.74 Å². The first-order valence-corrected chi connectivity index (χ1v) is 6.43. The van der Waals surface area contributed by atoms with Crippen LogP contribution in [0.15, 0.2) is 6.33 Å². The Morgan fingerprint density at radius 2 is 2.26 bits per heavy atom. The summed E-state index contributed by atoms with van der Waals surface area (Å²) < 4.78 is 4.98. The Balaban J connectivity index is 2.73. The molecule has 0 fully saturated rings. The van der Waals surface area contributed by atoms with Gasteiger partial charge >= 0.3 is 0 Å². The lowest BCUT2D eigenvalue weighted by Crippen LogP contribution is -2.28. The van der Waals surface area contributed by atoms with Crippen molar-refractivity contribution in [2.24, 2.45) is 0 Å². The Bertz CT molecular complexity index is 375. The number of hydrogen-bond donors (Lipinski definition) is 3. The Kier molecular flexibility index (Phi) is 6.91. The molecule has 1 rings (SSSR count). The van der Waals surface area contributed by atoms with Gasteiger partial charge in [0.2, 0.25) is 0 Å². The summed E-state index contributed by atoms with van der Waals surface area (Å²) in [6, 6.07) is 0. The second-order valence-corrected chi connectivity index (χ2v) is 4.04. The van der Waals surface area contributed by atoms with E-state index in [1.165, 1.54) is 6.33 Å². The number of hydrogen-bond acceptors (Lipinski definition) is 7. The predicted octanol–water partition coefficient (Wildman–Crippen LogP) is 0.326. The molecule has 0 unspecified atom stereocenters. The predicted molar refractivity (Wildman–Crippen MR) is 76.4 cm³/mol. The highest BCUT2D eigenvalue weighted by Crippen LogP contribution is 2.25. The first-order chi connectivity index (χ1) is 9.24. The summed E-state index contributed by atoms with van der Waals surface area (Å²) in [5, 5.41) is 12.2. The third-order valence-electron chi connectivity index (χ3n) is 2.73. The summed E-state index contributed by atoms with van der Waals surface area (Å²) in [6.45, 7) is 4.71. The molecule has 0 atom stereocenters. The summed E-state index contributed by atoms with van der Waals surface area (Å²) in [5.74, 6) is 1.28. The second-order valence-electron chi connectivity index (χ2n) is 4.04. The van der Waals surface area contributed by atoms with E-state index in [-0.39, 0.29) is 6.61 Å². The number of aliphatic hydroxyl groups is 1. The maximum Gasteiger partial charge on any atom is 0.157 e. The van der Waals surface area contributed by atoms with E-state index in [1.807, 2.05) is 11.8 Å². The van der Waals surface area contributed by atoms with E-state index < -0.39 is 0 Å². The minimum Gasteiger partial charge on any atom is -0.395 e. The first-order valence-electron chi connectivity index (χ1n) is 6.43. The Morgan fingerprint density at radius 1 is 1.47 bits per heavy atom. The van der Waals surface area contributed by atoms with Crippen molar-refractivity contribution in [1.29, 1.82) is 0 Å².